The van der Waals surface area contributed by atoms with Crippen LogP contribution in [0.5, 0.6) is 0 Å². The Balaban J connectivity index is 2.16. The maximum atomic E-state index is 12.2. The number of oxime groups is 1. The summed E-state index contributed by atoms with van der Waals surface area (Å²) in [7, 11) is 0. The van der Waals surface area contributed by atoms with E-state index in [9.17, 15) is 14.9 Å². The molecule has 118 valence electrons. The van der Waals surface area contributed by atoms with Crippen molar-refractivity contribution in [3.8, 4) is 0 Å². The van der Waals surface area contributed by atoms with Gasteiger partial charge in [-0.05, 0) is 43.3 Å². The summed E-state index contributed by atoms with van der Waals surface area (Å²) in [6, 6.07) is 10.5. The molecule has 2 aromatic carbocycles. The summed E-state index contributed by atoms with van der Waals surface area (Å²) >= 11 is 0. The number of carbonyl (C=O) groups is 1. The first-order valence-corrected chi connectivity index (χ1v) is 6.56. The zero-order valence-corrected chi connectivity index (χ0v) is 12.2. The molecule has 0 spiro atoms. The Hall–Kier alpha value is -3.42. The van der Waals surface area contributed by atoms with Gasteiger partial charge in [-0.1, -0.05) is 5.16 Å². The Kier molecular flexibility index (Phi) is 4.55. The zero-order valence-electron chi connectivity index (χ0n) is 12.2. The first-order valence-electron chi connectivity index (χ1n) is 6.56. The van der Waals surface area contributed by atoms with E-state index >= 15 is 0 Å². The molecule has 0 unspecified atom stereocenters. The van der Waals surface area contributed by atoms with Gasteiger partial charge in [0.15, 0.2) is 5.84 Å². The zero-order chi connectivity index (χ0) is 17.0. The van der Waals surface area contributed by atoms with E-state index in [4.69, 9.17) is 10.9 Å². The molecule has 1 amide bonds. The second-order valence-corrected chi connectivity index (χ2v) is 4.78. The Morgan fingerprint density at radius 3 is 2.35 bits per heavy atom. The number of amides is 1. The summed E-state index contributed by atoms with van der Waals surface area (Å²) in [5.41, 5.74) is 7.16. The Bertz CT molecular complexity index is 785. The van der Waals surface area contributed by atoms with Gasteiger partial charge in [0.2, 0.25) is 0 Å². The minimum absolute atomic E-state index is 0.0335. The summed E-state index contributed by atoms with van der Waals surface area (Å²) in [6.45, 7) is 1.57. The number of carbonyl (C=O) groups excluding carboxylic acids is 1. The van der Waals surface area contributed by atoms with Gasteiger partial charge in [-0.2, -0.15) is 0 Å². The molecular formula is C15H14N4O4. The van der Waals surface area contributed by atoms with E-state index in [0.717, 1.165) is 0 Å². The van der Waals surface area contributed by atoms with E-state index in [1.807, 2.05) is 0 Å². The lowest BCUT2D eigenvalue weighted by Gasteiger charge is -2.07. The van der Waals surface area contributed by atoms with Gasteiger partial charge in [-0.25, -0.2) is 0 Å². The van der Waals surface area contributed by atoms with Gasteiger partial charge in [0.05, 0.1) is 4.92 Å². The number of benzene rings is 2. The quantitative estimate of drug-likeness (QED) is 0.262. The molecular weight excluding hydrogens is 300 g/mol. The largest absolute Gasteiger partial charge is 0.409 e. The molecule has 2 rings (SSSR count). The molecule has 0 radical (unpaired) electrons. The number of aryl methyl sites for hydroxylation is 1. The number of nitrogens with one attached hydrogen (secondary N) is 1. The molecule has 0 bridgehead atoms. The van der Waals surface area contributed by atoms with Crippen molar-refractivity contribution < 1.29 is 14.9 Å². The molecule has 2 aromatic rings. The number of nitrogens with zero attached hydrogens (tertiary/aromatic N) is 2. The number of nitro benzene ring substituents is 1. The number of anilines is 1. The molecule has 0 saturated heterocycles. The fourth-order valence-electron chi connectivity index (χ4n) is 1.99. The summed E-state index contributed by atoms with van der Waals surface area (Å²) in [5, 5.41) is 24.9. The fraction of sp³-hybridized carbons (Fsp3) is 0.0667. The monoisotopic (exact) mass is 314 g/mol. The minimum atomic E-state index is -0.497. The molecule has 0 saturated carbocycles. The van der Waals surface area contributed by atoms with Crippen molar-refractivity contribution in [3.63, 3.8) is 0 Å². The number of amidine groups is 1. The minimum Gasteiger partial charge on any atom is -0.409 e. The standard InChI is InChI=1S/C15H14N4O4/c1-9-8-11(4-7-13(9)19(22)23)15(20)17-12-5-2-10(3-6-12)14(16)18-21/h2-8,21H,1H3,(H2,16,18)(H,17,20). The normalized spacial score (nSPS) is 11.1. The third-order valence-corrected chi connectivity index (χ3v) is 3.20. The first kappa shape index (κ1) is 16.0. The summed E-state index contributed by atoms with van der Waals surface area (Å²) < 4.78 is 0. The summed E-state index contributed by atoms with van der Waals surface area (Å²) in [5.74, 6) is -0.423. The molecule has 23 heavy (non-hydrogen) atoms. The molecule has 0 atom stereocenters. The number of hydrogen-bond donors (Lipinski definition) is 3. The van der Waals surface area contributed by atoms with E-state index < -0.39 is 4.92 Å². The van der Waals surface area contributed by atoms with Crippen molar-refractivity contribution in [3.05, 3.63) is 69.3 Å². The van der Waals surface area contributed by atoms with Crippen LogP contribution < -0.4 is 11.1 Å². The number of hydrogen-bond acceptors (Lipinski definition) is 5. The molecule has 8 nitrogen and oxygen atoms in total. The number of nitro groups is 1. The van der Waals surface area contributed by atoms with E-state index in [-0.39, 0.29) is 17.4 Å². The lowest BCUT2D eigenvalue weighted by molar-refractivity contribution is -0.385. The van der Waals surface area contributed by atoms with Crippen LogP contribution in [0.1, 0.15) is 21.5 Å². The van der Waals surface area contributed by atoms with E-state index in [1.165, 1.54) is 18.2 Å². The second kappa shape index (κ2) is 6.56. The highest BCUT2D eigenvalue weighted by Gasteiger charge is 2.14. The van der Waals surface area contributed by atoms with Gasteiger partial charge in [-0.15, -0.1) is 0 Å². The third-order valence-electron chi connectivity index (χ3n) is 3.20. The van der Waals surface area contributed by atoms with Gasteiger partial charge in [0.1, 0.15) is 0 Å². The van der Waals surface area contributed by atoms with Crippen LogP contribution in [0.25, 0.3) is 0 Å². The third kappa shape index (κ3) is 3.62. The van der Waals surface area contributed by atoms with Crippen molar-refractivity contribution in [2.24, 2.45) is 10.9 Å². The van der Waals surface area contributed by atoms with Crippen molar-refractivity contribution in [2.75, 3.05) is 5.32 Å². The highest BCUT2D eigenvalue weighted by molar-refractivity contribution is 6.05. The molecule has 0 aromatic heterocycles. The molecule has 4 N–H and O–H groups in total. The fourth-order valence-corrected chi connectivity index (χ4v) is 1.99. The van der Waals surface area contributed by atoms with Crippen LogP contribution in [0.4, 0.5) is 11.4 Å². The molecule has 0 aliphatic heterocycles. The highest BCUT2D eigenvalue weighted by atomic mass is 16.6. The van der Waals surface area contributed by atoms with E-state index in [0.29, 0.717) is 22.4 Å². The van der Waals surface area contributed by atoms with E-state index in [2.05, 4.69) is 10.5 Å². The van der Waals surface area contributed by atoms with Crippen LogP contribution in [0.15, 0.2) is 47.6 Å². The van der Waals surface area contributed by atoms with Crippen LogP contribution in [0.3, 0.4) is 0 Å². The van der Waals surface area contributed by atoms with Crippen molar-refractivity contribution in [1.29, 1.82) is 0 Å². The highest BCUT2D eigenvalue weighted by Crippen LogP contribution is 2.19. The van der Waals surface area contributed by atoms with Gasteiger partial charge in [-0.3, -0.25) is 14.9 Å². The van der Waals surface area contributed by atoms with Crippen molar-refractivity contribution in [1.82, 2.24) is 0 Å². The average molecular weight is 314 g/mol. The van der Waals surface area contributed by atoms with Crippen LogP contribution >= 0.6 is 0 Å². The maximum Gasteiger partial charge on any atom is 0.272 e. The van der Waals surface area contributed by atoms with Gasteiger partial charge < -0.3 is 16.3 Å². The van der Waals surface area contributed by atoms with Gasteiger partial charge in [0, 0.05) is 28.4 Å². The maximum absolute atomic E-state index is 12.2. The molecule has 0 fully saturated rings. The van der Waals surface area contributed by atoms with Crippen LogP contribution in [-0.4, -0.2) is 21.9 Å². The van der Waals surface area contributed by atoms with Gasteiger partial charge in [0.25, 0.3) is 11.6 Å². The van der Waals surface area contributed by atoms with Gasteiger partial charge >= 0.3 is 0 Å². The summed E-state index contributed by atoms with van der Waals surface area (Å²) in [6.07, 6.45) is 0. The molecule has 0 aliphatic rings. The Labute approximate surface area is 131 Å². The van der Waals surface area contributed by atoms with Crippen molar-refractivity contribution >= 4 is 23.1 Å². The van der Waals surface area contributed by atoms with Crippen LogP contribution in [-0.2, 0) is 0 Å². The van der Waals surface area contributed by atoms with E-state index in [1.54, 1.807) is 31.2 Å². The smallest absolute Gasteiger partial charge is 0.272 e. The second-order valence-electron chi connectivity index (χ2n) is 4.78. The van der Waals surface area contributed by atoms with Crippen LogP contribution in [0, 0.1) is 17.0 Å². The average Bonchev–Trinajstić information content (AvgIpc) is 2.54. The molecule has 8 heteroatoms. The van der Waals surface area contributed by atoms with Crippen molar-refractivity contribution in [2.45, 2.75) is 6.92 Å². The number of nitrogens with two attached hydrogens (primary N) is 1. The Morgan fingerprint density at radius 2 is 1.83 bits per heavy atom. The summed E-state index contributed by atoms with van der Waals surface area (Å²) in [4.78, 5) is 22.4. The van der Waals surface area contributed by atoms with Crippen LogP contribution in [0.2, 0.25) is 0 Å². The molecule has 0 heterocycles. The number of rotatable bonds is 4. The first-order chi connectivity index (χ1) is 10.9. The predicted octanol–water partition coefficient (Wildman–Crippen LogP) is 2.25. The lowest BCUT2D eigenvalue weighted by atomic mass is 10.1. The molecule has 0 aliphatic carbocycles. The Morgan fingerprint density at radius 1 is 1.22 bits per heavy atom. The lowest BCUT2D eigenvalue weighted by Crippen LogP contribution is -2.14. The topological polar surface area (TPSA) is 131 Å². The predicted molar refractivity (Wildman–Crippen MR) is 84.7 cm³/mol. The SMILES string of the molecule is Cc1cc(C(=O)Nc2ccc(/C(N)=N\O)cc2)ccc1[N+](=O)[O-].